The van der Waals surface area contributed by atoms with Crippen molar-refractivity contribution in [2.24, 2.45) is 5.73 Å². The number of ether oxygens (including phenoxy) is 2. The number of amides is 1. The minimum Gasteiger partial charge on any atom is -0.495 e. The molecule has 0 radical (unpaired) electrons. The molecule has 5 nitrogen and oxygen atoms in total. The normalized spacial score (nSPS) is 12.7. The van der Waals surface area contributed by atoms with Crippen molar-refractivity contribution in [1.82, 2.24) is 5.32 Å². The first-order valence-corrected chi connectivity index (χ1v) is 7.63. The van der Waals surface area contributed by atoms with Gasteiger partial charge in [-0.25, -0.2) is 4.79 Å². The van der Waals surface area contributed by atoms with Crippen LogP contribution in [0, 0.1) is 0 Å². The quantitative estimate of drug-likeness (QED) is 0.855. The number of hydrogen-bond donors (Lipinski definition) is 2. The van der Waals surface area contributed by atoms with E-state index in [0.717, 1.165) is 5.56 Å². The molecule has 0 aliphatic rings. The highest BCUT2D eigenvalue weighted by molar-refractivity contribution is 6.35. The van der Waals surface area contributed by atoms with Crippen LogP contribution >= 0.6 is 23.2 Å². The molecule has 1 aromatic rings. The number of benzene rings is 1. The van der Waals surface area contributed by atoms with Crippen LogP contribution in [0.3, 0.4) is 0 Å². The molecular formula is C15H22Cl2N2O3. The zero-order valence-electron chi connectivity index (χ0n) is 13.2. The van der Waals surface area contributed by atoms with Crippen LogP contribution < -0.4 is 15.8 Å². The SMILES string of the molecule is COc1c(Cl)cc(Cl)cc1CC(CN)NC(=O)OC(C)(C)C. The number of rotatable bonds is 5. The summed E-state index contributed by atoms with van der Waals surface area (Å²) in [4.78, 5) is 11.8. The van der Waals surface area contributed by atoms with Gasteiger partial charge in [-0.15, -0.1) is 0 Å². The van der Waals surface area contributed by atoms with Crippen LogP contribution in [0.5, 0.6) is 5.75 Å². The Bertz CT molecular complexity index is 530. The van der Waals surface area contributed by atoms with E-state index in [0.29, 0.717) is 22.2 Å². The molecule has 1 atom stereocenters. The minimum atomic E-state index is -0.569. The van der Waals surface area contributed by atoms with E-state index in [1.54, 1.807) is 32.9 Å². The molecule has 124 valence electrons. The van der Waals surface area contributed by atoms with E-state index in [2.05, 4.69) is 5.32 Å². The van der Waals surface area contributed by atoms with Gasteiger partial charge >= 0.3 is 6.09 Å². The summed E-state index contributed by atoms with van der Waals surface area (Å²) < 4.78 is 10.5. The number of carbonyl (C=O) groups is 1. The standard InChI is InChI=1S/C15H22Cl2N2O3/c1-15(2,3)22-14(20)19-11(8-18)6-9-5-10(16)7-12(17)13(9)21-4/h5,7,11H,6,8,18H2,1-4H3,(H,19,20). The van der Waals surface area contributed by atoms with Gasteiger partial charge in [-0.05, 0) is 44.9 Å². The molecule has 1 aromatic carbocycles. The largest absolute Gasteiger partial charge is 0.495 e. The molecule has 7 heteroatoms. The summed E-state index contributed by atoms with van der Waals surface area (Å²) in [5.74, 6) is 0.524. The minimum absolute atomic E-state index is 0.243. The van der Waals surface area contributed by atoms with Crippen molar-refractivity contribution < 1.29 is 14.3 Å². The van der Waals surface area contributed by atoms with Gasteiger partial charge in [0.1, 0.15) is 11.4 Å². The van der Waals surface area contributed by atoms with E-state index in [4.69, 9.17) is 38.4 Å². The predicted molar refractivity (Wildman–Crippen MR) is 88.9 cm³/mol. The molecule has 0 aliphatic heterocycles. The molecule has 0 spiro atoms. The fourth-order valence-electron chi connectivity index (χ4n) is 1.93. The fraction of sp³-hybridized carbons (Fsp3) is 0.533. The average Bonchev–Trinajstić information content (AvgIpc) is 2.35. The van der Waals surface area contributed by atoms with E-state index >= 15 is 0 Å². The molecule has 0 aliphatic carbocycles. The smallest absolute Gasteiger partial charge is 0.407 e. The lowest BCUT2D eigenvalue weighted by atomic mass is 10.0. The molecule has 1 rings (SSSR count). The summed E-state index contributed by atoms with van der Waals surface area (Å²) in [6.45, 7) is 5.63. The zero-order chi connectivity index (χ0) is 16.9. The number of carbonyl (C=O) groups excluding carboxylic acids is 1. The number of methoxy groups -OCH3 is 1. The lowest BCUT2D eigenvalue weighted by Crippen LogP contribution is -2.44. The van der Waals surface area contributed by atoms with Gasteiger partial charge in [0.05, 0.1) is 12.1 Å². The first kappa shape index (κ1) is 18.9. The van der Waals surface area contributed by atoms with Crippen LogP contribution in [-0.2, 0) is 11.2 Å². The van der Waals surface area contributed by atoms with Crippen molar-refractivity contribution >= 4 is 29.3 Å². The van der Waals surface area contributed by atoms with Crippen molar-refractivity contribution in [1.29, 1.82) is 0 Å². The van der Waals surface area contributed by atoms with Crippen molar-refractivity contribution in [2.45, 2.75) is 38.8 Å². The highest BCUT2D eigenvalue weighted by Gasteiger charge is 2.20. The first-order chi connectivity index (χ1) is 10.2. The van der Waals surface area contributed by atoms with Crippen LogP contribution in [0.2, 0.25) is 10.0 Å². The summed E-state index contributed by atoms with van der Waals surface area (Å²) in [6, 6.07) is 3.02. The third-order valence-corrected chi connectivity index (χ3v) is 3.26. The Morgan fingerprint density at radius 2 is 2.00 bits per heavy atom. The average molecular weight is 349 g/mol. The maximum Gasteiger partial charge on any atom is 0.407 e. The molecule has 0 heterocycles. The highest BCUT2D eigenvalue weighted by atomic mass is 35.5. The molecule has 0 bridgehead atoms. The van der Waals surface area contributed by atoms with Crippen LogP contribution in [0.15, 0.2) is 12.1 Å². The maximum atomic E-state index is 11.8. The summed E-state index contributed by atoms with van der Waals surface area (Å²) in [5.41, 5.74) is 5.92. The van der Waals surface area contributed by atoms with Gasteiger partial charge in [0.25, 0.3) is 0 Å². The van der Waals surface area contributed by atoms with Gasteiger partial charge in [0.2, 0.25) is 0 Å². The number of hydrogen-bond acceptors (Lipinski definition) is 4. The lowest BCUT2D eigenvalue weighted by Gasteiger charge is -2.23. The van der Waals surface area contributed by atoms with E-state index in [1.165, 1.54) is 7.11 Å². The Hall–Kier alpha value is -1.17. The summed E-state index contributed by atoms with van der Waals surface area (Å²) >= 11 is 12.1. The van der Waals surface area contributed by atoms with E-state index < -0.39 is 11.7 Å². The molecule has 0 aromatic heterocycles. The molecule has 0 saturated heterocycles. The van der Waals surface area contributed by atoms with Crippen molar-refractivity contribution in [3.63, 3.8) is 0 Å². The molecule has 1 unspecified atom stereocenters. The van der Waals surface area contributed by atoms with Gasteiger partial charge in [0.15, 0.2) is 0 Å². The number of nitrogens with two attached hydrogens (primary N) is 1. The van der Waals surface area contributed by atoms with E-state index in [1.807, 2.05) is 0 Å². The van der Waals surface area contributed by atoms with Crippen LogP contribution in [0.25, 0.3) is 0 Å². The topological polar surface area (TPSA) is 73.6 Å². The van der Waals surface area contributed by atoms with Crippen molar-refractivity contribution in [2.75, 3.05) is 13.7 Å². The first-order valence-electron chi connectivity index (χ1n) is 6.87. The van der Waals surface area contributed by atoms with Gasteiger partial charge in [-0.3, -0.25) is 0 Å². The van der Waals surface area contributed by atoms with Crippen LogP contribution in [0.1, 0.15) is 26.3 Å². The molecular weight excluding hydrogens is 327 g/mol. The second-order valence-corrected chi connectivity index (χ2v) is 6.71. The Labute approximate surface area is 141 Å². The molecule has 22 heavy (non-hydrogen) atoms. The van der Waals surface area contributed by atoms with Crippen molar-refractivity contribution in [3.8, 4) is 5.75 Å². The zero-order valence-corrected chi connectivity index (χ0v) is 14.7. The third kappa shape index (κ3) is 5.91. The van der Waals surface area contributed by atoms with Crippen molar-refractivity contribution in [3.05, 3.63) is 27.7 Å². The van der Waals surface area contributed by atoms with E-state index in [9.17, 15) is 4.79 Å². The van der Waals surface area contributed by atoms with Gasteiger partial charge in [0, 0.05) is 17.6 Å². The number of nitrogens with one attached hydrogen (secondary N) is 1. The Balaban J connectivity index is 2.85. The Morgan fingerprint density at radius 1 is 1.36 bits per heavy atom. The molecule has 1 amide bonds. The van der Waals surface area contributed by atoms with Crippen LogP contribution in [0.4, 0.5) is 4.79 Å². The third-order valence-electron chi connectivity index (χ3n) is 2.76. The number of halogens is 2. The maximum absolute atomic E-state index is 11.8. The monoisotopic (exact) mass is 348 g/mol. The highest BCUT2D eigenvalue weighted by Crippen LogP contribution is 2.32. The summed E-state index contributed by atoms with van der Waals surface area (Å²) in [5, 5.41) is 3.64. The second-order valence-electron chi connectivity index (χ2n) is 5.86. The van der Waals surface area contributed by atoms with Gasteiger partial charge in [-0.2, -0.15) is 0 Å². The fourth-order valence-corrected chi connectivity index (χ4v) is 2.54. The summed E-state index contributed by atoms with van der Waals surface area (Å²) in [6.07, 6.45) is -0.0887. The van der Waals surface area contributed by atoms with Gasteiger partial charge < -0.3 is 20.5 Å². The predicted octanol–water partition coefficient (Wildman–Crippen LogP) is 3.40. The Morgan fingerprint density at radius 3 is 2.50 bits per heavy atom. The molecule has 0 fully saturated rings. The Kier molecular flexibility index (Phi) is 6.78. The van der Waals surface area contributed by atoms with E-state index in [-0.39, 0.29) is 12.6 Å². The second kappa shape index (κ2) is 7.90. The van der Waals surface area contributed by atoms with Crippen LogP contribution in [-0.4, -0.2) is 31.4 Å². The molecule has 3 N–H and O–H groups in total. The molecule has 0 saturated carbocycles. The summed E-state index contributed by atoms with van der Waals surface area (Å²) in [7, 11) is 1.53. The van der Waals surface area contributed by atoms with Gasteiger partial charge in [-0.1, -0.05) is 23.2 Å². The number of alkyl carbamates (subject to hydrolysis) is 1. The lowest BCUT2D eigenvalue weighted by molar-refractivity contribution is 0.0506.